The van der Waals surface area contributed by atoms with Crippen LogP contribution in [-0.2, 0) is 6.54 Å². The third kappa shape index (κ3) is 6.31. The van der Waals surface area contributed by atoms with Crippen LogP contribution in [0.5, 0.6) is 0 Å². The van der Waals surface area contributed by atoms with Crippen LogP contribution in [0.25, 0.3) is 0 Å². The predicted octanol–water partition coefficient (Wildman–Crippen LogP) is 2.52. The van der Waals surface area contributed by atoms with E-state index in [2.05, 4.69) is 30.1 Å². The summed E-state index contributed by atoms with van der Waals surface area (Å²) in [6.07, 6.45) is 2.89. The van der Waals surface area contributed by atoms with Gasteiger partial charge in [0.1, 0.15) is 0 Å². The molecule has 1 saturated heterocycles. The number of aliphatic hydroxyl groups is 1. The Labute approximate surface area is 140 Å². The Kier molecular flexibility index (Phi) is 7.04. The monoisotopic (exact) mass is 315 g/mol. The predicted molar refractivity (Wildman–Crippen MR) is 92.9 cm³/mol. The maximum Gasteiger partial charge on any atom is 0.0991 e. The summed E-state index contributed by atoms with van der Waals surface area (Å²) in [5, 5.41) is 22.3. The quantitative estimate of drug-likeness (QED) is 0.812. The Balaban J connectivity index is 1.68. The first-order valence-corrected chi connectivity index (χ1v) is 8.69. The fourth-order valence-corrected chi connectivity index (χ4v) is 3.17. The molecule has 1 unspecified atom stereocenters. The molecule has 1 aliphatic rings. The smallest absolute Gasteiger partial charge is 0.0991 e. The first-order chi connectivity index (χ1) is 11.1. The lowest BCUT2D eigenvalue weighted by molar-refractivity contribution is 0.130. The minimum absolute atomic E-state index is 0.230. The maximum absolute atomic E-state index is 9.94. The van der Waals surface area contributed by atoms with E-state index < -0.39 is 0 Å². The van der Waals surface area contributed by atoms with Crippen LogP contribution in [0.4, 0.5) is 0 Å². The fourth-order valence-electron chi connectivity index (χ4n) is 3.17. The summed E-state index contributed by atoms with van der Waals surface area (Å²) in [5.74, 6) is 0.543. The number of benzene rings is 1. The van der Waals surface area contributed by atoms with Crippen molar-refractivity contribution in [2.75, 3.05) is 19.6 Å². The highest BCUT2D eigenvalue weighted by molar-refractivity contribution is 5.31. The van der Waals surface area contributed by atoms with Gasteiger partial charge >= 0.3 is 0 Å². The summed E-state index contributed by atoms with van der Waals surface area (Å²) in [4.78, 5) is 2.46. The van der Waals surface area contributed by atoms with Crippen molar-refractivity contribution < 1.29 is 5.11 Å². The number of piperidine rings is 1. The highest BCUT2D eigenvalue weighted by atomic mass is 16.3. The number of nitrogens with zero attached hydrogens (tertiary/aromatic N) is 2. The van der Waals surface area contributed by atoms with Crippen molar-refractivity contribution in [3.8, 4) is 6.07 Å². The van der Waals surface area contributed by atoms with Crippen LogP contribution >= 0.6 is 0 Å². The fraction of sp³-hybridized carbons (Fsp3) is 0.632. The van der Waals surface area contributed by atoms with Crippen LogP contribution in [0.2, 0.25) is 0 Å². The molecule has 0 spiro atoms. The molecule has 0 saturated carbocycles. The zero-order valence-corrected chi connectivity index (χ0v) is 14.3. The average molecular weight is 315 g/mol. The summed E-state index contributed by atoms with van der Waals surface area (Å²) < 4.78 is 0. The molecule has 23 heavy (non-hydrogen) atoms. The van der Waals surface area contributed by atoms with E-state index in [1.807, 2.05) is 24.3 Å². The van der Waals surface area contributed by atoms with Gasteiger partial charge in [0.25, 0.3) is 0 Å². The number of hydrogen-bond donors (Lipinski definition) is 2. The number of likely N-dealkylation sites (tertiary alicyclic amines) is 1. The van der Waals surface area contributed by atoms with Crippen LogP contribution in [-0.4, -0.2) is 41.8 Å². The van der Waals surface area contributed by atoms with Crippen LogP contribution in [0.15, 0.2) is 24.3 Å². The molecule has 1 aromatic carbocycles. The highest BCUT2D eigenvalue weighted by Gasteiger charge is 2.19. The summed E-state index contributed by atoms with van der Waals surface area (Å²) in [5.41, 5.74) is 1.99. The molecule has 1 aliphatic heterocycles. The second kappa shape index (κ2) is 9.02. The van der Waals surface area contributed by atoms with Crippen LogP contribution in [0, 0.1) is 17.2 Å². The maximum atomic E-state index is 9.94. The van der Waals surface area contributed by atoms with Gasteiger partial charge in [0, 0.05) is 19.1 Å². The zero-order valence-electron chi connectivity index (χ0n) is 14.3. The molecule has 4 heteroatoms. The van der Waals surface area contributed by atoms with Crippen molar-refractivity contribution in [1.29, 1.82) is 5.26 Å². The Morgan fingerprint density at radius 2 is 1.91 bits per heavy atom. The summed E-state index contributed by atoms with van der Waals surface area (Å²) in [6.45, 7) is 8.11. The minimum Gasteiger partial charge on any atom is -0.392 e. The molecule has 1 fully saturated rings. The Hall–Kier alpha value is -1.41. The van der Waals surface area contributed by atoms with Crippen molar-refractivity contribution in [1.82, 2.24) is 10.2 Å². The van der Waals surface area contributed by atoms with E-state index in [9.17, 15) is 5.11 Å². The van der Waals surface area contributed by atoms with E-state index in [4.69, 9.17) is 5.26 Å². The highest BCUT2D eigenvalue weighted by Crippen LogP contribution is 2.15. The lowest BCUT2D eigenvalue weighted by Crippen LogP contribution is -2.44. The number of nitriles is 1. The normalized spacial score (nSPS) is 18.0. The van der Waals surface area contributed by atoms with Gasteiger partial charge in [0.2, 0.25) is 0 Å². The minimum atomic E-state index is -0.230. The molecule has 1 atom stereocenters. The van der Waals surface area contributed by atoms with E-state index in [1.165, 1.54) is 5.56 Å². The summed E-state index contributed by atoms with van der Waals surface area (Å²) in [6, 6.07) is 10.5. The second-order valence-electron chi connectivity index (χ2n) is 7.05. The lowest BCUT2D eigenvalue weighted by Gasteiger charge is -2.33. The molecule has 0 bridgehead atoms. The molecule has 0 radical (unpaired) electrons. The molecule has 0 amide bonds. The average Bonchev–Trinajstić information content (AvgIpc) is 2.54. The molecule has 0 aliphatic carbocycles. The summed E-state index contributed by atoms with van der Waals surface area (Å²) >= 11 is 0. The number of hydrogen-bond acceptors (Lipinski definition) is 4. The Bertz CT molecular complexity index is 498. The molecule has 2 N–H and O–H groups in total. The molecular weight excluding hydrogens is 286 g/mol. The first-order valence-electron chi connectivity index (χ1n) is 8.69. The molecule has 1 aromatic rings. The van der Waals surface area contributed by atoms with Gasteiger partial charge < -0.3 is 10.4 Å². The van der Waals surface area contributed by atoms with Crippen molar-refractivity contribution in [2.24, 2.45) is 5.92 Å². The van der Waals surface area contributed by atoms with E-state index >= 15 is 0 Å². The van der Waals surface area contributed by atoms with Gasteiger partial charge in [-0.1, -0.05) is 26.0 Å². The topological polar surface area (TPSA) is 59.3 Å². The lowest BCUT2D eigenvalue weighted by atomic mass is 10.0. The number of aliphatic hydroxyl groups excluding tert-OH is 1. The molecular formula is C19H29N3O. The van der Waals surface area contributed by atoms with Gasteiger partial charge in [-0.25, -0.2) is 0 Å². The number of nitrogens with one attached hydrogen (secondary N) is 1. The van der Waals surface area contributed by atoms with Gasteiger partial charge in [-0.15, -0.1) is 0 Å². The van der Waals surface area contributed by atoms with Crippen molar-refractivity contribution in [2.45, 2.75) is 51.8 Å². The Morgan fingerprint density at radius 1 is 1.26 bits per heavy atom. The van der Waals surface area contributed by atoms with Gasteiger partial charge in [-0.05, 0) is 56.0 Å². The van der Waals surface area contributed by atoms with Crippen LogP contribution in [0.3, 0.4) is 0 Å². The van der Waals surface area contributed by atoms with Gasteiger partial charge in [0.15, 0.2) is 0 Å². The number of rotatable bonds is 7. The molecule has 1 heterocycles. The van der Waals surface area contributed by atoms with Crippen molar-refractivity contribution in [3.05, 3.63) is 35.4 Å². The van der Waals surface area contributed by atoms with Gasteiger partial charge in [0.05, 0.1) is 17.7 Å². The largest absolute Gasteiger partial charge is 0.392 e. The van der Waals surface area contributed by atoms with E-state index in [-0.39, 0.29) is 6.10 Å². The summed E-state index contributed by atoms with van der Waals surface area (Å²) in [7, 11) is 0. The van der Waals surface area contributed by atoms with Crippen LogP contribution in [0.1, 0.15) is 44.2 Å². The third-order valence-electron chi connectivity index (χ3n) is 4.46. The molecule has 4 nitrogen and oxygen atoms in total. The van der Waals surface area contributed by atoms with Crippen LogP contribution < -0.4 is 5.32 Å². The zero-order chi connectivity index (χ0) is 16.7. The van der Waals surface area contributed by atoms with E-state index in [0.29, 0.717) is 18.5 Å². The van der Waals surface area contributed by atoms with E-state index in [0.717, 1.165) is 44.5 Å². The second-order valence-corrected chi connectivity index (χ2v) is 7.05. The Morgan fingerprint density at radius 3 is 2.48 bits per heavy atom. The third-order valence-corrected chi connectivity index (χ3v) is 4.46. The molecule has 0 aromatic heterocycles. The standard InChI is InChI=1S/C19H29N3O/c1-15(2)11-19(23)13-21-18-7-9-22(10-8-18)14-17-5-3-16(12-20)4-6-17/h3-6,15,18-19,21,23H,7-11,13-14H2,1-2H3. The first kappa shape index (κ1) is 17.9. The molecule has 126 valence electrons. The van der Waals surface area contributed by atoms with Crippen molar-refractivity contribution in [3.63, 3.8) is 0 Å². The molecule has 2 rings (SSSR count). The van der Waals surface area contributed by atoms with Gasteiger partial charge in [-0.2, -0.15) is 5.26 Å². The van der Waals surface area contributed by atoms with E-state index in [1.54, 1.807) is 0 Å². The van der Waals surface area contributed by atoms with Gasteiger partial charge in [-0.3, -0.25) is 4.90 Å². The van der Waals surface area contributed by atoms with Crippen molar-refractivity contribution >= 4 is 0 Å². The SMILES string of the molecule is CC(C)CC(O)CNC1CCN(Cc2ccc(C#N)cc2)CC1.